The monoisotopic (exact) mass is 596 g/mol. The van der Waals surface area contributed by atoms with Crippen molar-refractivity contribution < 1.29 is 39.0 Å². The predicted molar refractivity (Wildman–Crippen MR) is 161 cm³/mol. The van der Waals surface area contributed by atoms with Gasteiger partial charge in [0.25, 0.3) is 0 Å². The van der Waals surface area contributed by atoms with Crippen molar-refractivity contribution in [2.24, 2.45) is 17.8 Å². The topological polar surface area (TPSA) is 149 Å². The van der Waals surface area contributed by atoms with Gasteiger partial charge < -0.3 is 10.2 Å². The summed E-state index contributed by atoms with van der Waals surface area (Å²) < 4.78 is 0. The number of carbonyl (C=O) groups excluding carboxylic acids is 4. The van der Waals surface area contributed by atoms with Crippen LogP contribution in [0.25, 0.3) is 0 Å². The molecule has 1 saturated carbocycles. The van der Waals surface area contributed by atoms with Crippen LogP contribution in [0.15, 0.2) is 36.4 Å². The van der Waals surface area contributed by atoms with Gasteiger partial charge in [-0.15, -0.1) is 12.8 Å². The van der Waals surface area contributed by atoms with Gasteiger partial charge in [0.05, 0.1) is 22.5 Å². The number of hydrogen-bond donors (Lipinski definition) is 2. The van der Waals surface area contributed by atoms with E-state index < -0.39 is 53.3 Å². The lowest BCUT2D eigenvalue weighted by Crippen LogP contribution is -2.50. The number of piperidine rings is 1. The van der Waals surface area contributed by atoms with E-state index in [4.69, 9.17) is 12.8 Å². The molecule has 1 saturated heterocycles. The van der Waals surface area contributed by atoms with Crippen LogP contribution >= 0.6 is 0 Å². The molecule has 10 heteroatoms. The van der Waals surface area contributed by atoms with Crippen molar-refractivity contribution in [3.63, 3.8) is 0 Å². The molecule has 2 aromatic carbocycles. The van der Waals surface area contributed by atoms with E-state index in [2.05, 4.69) is 11.8 Å². The van der Waals surface area contributed by atoms with Gasteiger partial charge in [-0.05, 0) is 68.5 Å². The molecule has 3 atom stereocenters. The number of hydrogen-bond acceptors (Lipinski definition) is 6. The molecule has 3 unspecified atom stereocenters. The number of carbonyl (C=O) groups is 6. The van der Waals surface area contributed by atoms with Gasteiger partial charge >= 0.3 is 11.9 Å². The summed E-state index contributed by atoms with van der Waals surface area (Å²) in [7, 11) is 0. The quantitative estimate of drug-likeness (QED) is 0.379. The fourth-order valence-electron chi connectivity index (χ4n) is 6.08. The normalized spacial score (nSPS) is 20.4. The molecule has 4 amide bonds. The molecule has 10 nitrogen and oxygen atoms in total. The fourth-order valence-corrected chi connectivity index (χ4v) is 6.08. The lowest BCUT2D eigenvalue weighted by Gasteiger charge is -2.36. The standard InChI is InChI=1S/C34H32N2O8/c1-4-21-13-26(33(41)42)18-28(15-21)35(20(3)37)30(38)23-9-6-7-10-24-17-25(12-8-11-23)32(40)36(31(24)39)29-16-22(5-2)14-27(19-29)34(43)44/h1-2,13-16,18-19,23-25H,6-12,17H2,3H3,(H,41,42)(H,43,44). The van der Waals surface area contributed by atoms with Gasteiger partial charge in [0, 0.05) is 35.8 Å². The number of imide groups is 2. The zero-order chi connectivity index (χ0) is 32.1. The number of amides is 4. The summed E-state index contributed by atoms with van der Waals surface area (Å²) in [6.45, 7) is 1.22. The Morgan fingerprint density at radius 1 is 0.773 bits per heavy atom. The molecule has 0 radical (unpaired) electrons. The van der Waals surface area contributed by atoms with Gasteiger partial charge in [0.1, 0.15) is 0 Å². The highest BCUT2D eigenvalue weighted by atomic mass is 16.4. The van der Waals surface area contributed by atoms with Crippen molar-refractivity contribution in [2.75, 3.05) is 9.80 Å². The number of benzene rings is 2. The van der Waals surface area contributed by atoms with Crippen molar-refractivity contribution >= 4 is 46.9 Å². The van der Waals surface area contributed by atoms with E-state index in [-0.39, 0.29) is 33.6 Å². The van der Waals surface area contributed by atoms with Gasteiger partial charge in [-0.2, -0.15) is 0 Å². The summed E-state index contributed by atoms with van der Waals surface area (Å²) in [5.74, 6) is -1.27. The Kier molecular flexibility index (Phi) is 9.65. The third-order valence-corrected chi connectivity index (χ3v) is 8.23. The van der Waals surface area contributed by atoms with Crippen molar-refractivity contribution in [3.05, 3.63) is 58.7 Å². The number of carboxylic acids is 2. The first kappa shape index (κ1) is 31.7. The van der Waals surface area contributed by atoms with Crippen molar-refractivity contribution in [3.8, 4) is 24.7 Å². The lowest BCUT2D eigenvalue weighted by molar-refractivity contribution is -0.136. The van der Waals surface area contributed by atoms with E-state index in [0.717, 1.165) is 9.80 Å². The Morgan fingerprint density at radius 2 is 1.30 bits per heavy atom. The molecule has 2 bridgehead atoms. The Balaban J connectivity index is 1.60. The first-order valence-corrected chi connectivity index (χ1v) is 14.4. The molecule has 4 rings (SSSR count). The largest absolute Gasteiger partial charge is 0.478 e. The Labute approximate surface area is 255 Å². The highest BCUT2D eigenvalue weighted by Crippen LogP contribution is 2.37. The SMILES string of the molecule is C#Cc1cc(C(=O)O)cc(N(C(C)=O)C(=O)C2CCCCC3CC(CCC2)C(=O)N(c2cc(C#C)cc(C(=O)O)c2)C3=O)c1. The van der Waals surface area contributed by atoms with Crippen LogP contribution in [0.4, 0.5) is 11.4 Å². The molecular formula is C34H32N2O8. The number of terminal acetylenes is 2. The molecule has 1 aliphatic carbocycles. The van der Waals surface area contributed by atoms with Crippen LogP contribution < -0.4 is 9.80 Å². The van der Waals surface area contributed by atoms with Gasteiger partial charge in [-0.1, -0.05) is 31.1 Å². The number of nitrogens with zero attached hydrogens (tertiary/aromatic N) is 2. The van der Waals surface area contributed by atoms with E-state index >= 15 is 0 Å². The van der Waals surface area contributed by atoms with Crippen LogP contribution in [0.1, 0.15) is 90.1 Å². The zero-order valence-electron chi connectivity index (χ0n) is 24.2. The third kappa shape index (κ3) is 6.71. The first-order chi connectivity index (χ1) is 20.9. The van der Waals surface area contributed by atoms with Crippen LogP contribution in [-0.4, -0.2) is 45.8 Å². The minimum atomic E-state index is -1.25. The minimum absolute atomic E-state index is 0.0758. The minimum Gasteiger partial charge on any atom is -0.478 e. The molecule has 2 aliphatic rings. The van der Waals surface area contributed by atoms with Crippen LogP contribution in [0.2, 0.25) is 0 Å². The Hall–Kier alpha value is -5.22. The van der Waals surface area contributed by atoms with E-state index in [1.165, 1.54) is 43.3 Å². The van der Waals surface area contributed by atoms with Crippen molar-refractivity contribution in [1.82, 2.24) is 0 Å². The van der Waals surface area contributed by atoms with E-state index in [9.17, 15) is 39.0 Å². The van der Waals surface area contributed by atoms with Crippen molar-refractivity contribution in [1.29, 1.82) is 0 Å². The molecule has 44 heavy (non-hydrogen) atoms. The molecule has 226 valence electrons. The van der Waals surface area contributed by atoms with Gasteiger partial charge in [-0.3, -0.25) is 29.0 Å². The second-order valence-electron chi connectivity index (χ2n) is 11.2. The van der Waals surface area contributed by atoms with Gasteiger partial charge in [-0.25, -0.2) is 9.59 Å². The molecule has 0 spiro atoms. The lowest BCUT2D eigenvalue weighted by atomic mass is 9.82. The van der Waals surface area contributed by atoms with Gasteiger partial charge in [0.2, 0.25) is 23.6 Å². The molecule has 0 aromatic heterocycles. The molecule has 2 N–H and O–H groups in total. The summed E-state index contributed by atoms with van der Waals surface area (Å²) in [4.78, 5) is 79.1. The summed E-state index contributed by atoms with van der Waals surface area (Å²) >= 11 is 0. The molecule has 1 aliphatic heterocycles. The average molecular weight is 597 g/mol. The molecular weight excluding hydrogens is 564 g/mol. The smallest absolute Gasteiger partial charge is 0.335 e. The maximum Gasteiger partial charge on any atom is 0.335 e. The maximum absolute atomic E-state index is 13.8. The summed E-state index contributed by atoms with van der Waals surface area (Å²) in [6.07, 6.45) is 14.6. The van der Waals surface area contributed by atoms with E-state index in [0.29, 0.717) is 51.4 Å². The number of aromatic carboxylic acids is 2. The highest BCUT2D eigenvalue weighted by molar-refractivity contribution is 6.18. The van der Waals surface area contributed by atoms with Crippen LogP contribution in [0.3, 0.4) is 0 Å². The van der Waals surface area contributed by atoms with Crippen molar-refractivity contribution in [2.45, 2.75) is 58.3 Å². The molecule has 1 heterocycles. The second-order valence-corrected chi connectivity index (χ2v) is 11.2. The fraction of sp³-hybridized carbons (Fsp3) is 0.353. The number of fused-ring (bicyclic) bond motifs is 2. The number of rotatable bonds is 5. The average Bonchev–Trinajstić information content (AvgIpc) is 3.03. The van der Waals surface area contributed by atoms with Crippen LogP contribution in [0.5, 0.6) is 0 Å². The number of carboxylic acid groups (broad SMARTS) is 2. The highest BCUT2D eigenvalue weighted by Gasteiger charge is 2.42. The number of anilines is 2. The predicted octanol–water partition coefficient (Wildman–Crippen LogP) is 4.48. The van der Waals surface area contributed by atoms with E-state index in [1.807, 2.05) is 0 Å². The zero-order valence-corrected chi connectivity index (χ0v) is 24.2. The summed E-state index contributed by atoms with van der Waals surface area (Å²) in [6, 6.07) is 7.97. The van der Waals surface area contributed by atoms with E-state index in [1.54, 1.807) is 0 Å². The van der Waals surface area contributed by atoms with Gasteiger partial charge in [0.15, 0.2) is 0 Å². The molecule has 2 aromatic rings. The maximum atomic E-state index is 13.8. The Morgan fingerprint density at radius 3 is 1.86 bits per heavy atom. The molecule has 2 fully saturated rings. The van der Waals surface area contributed by atoms with Crippen LogP contribution in [-0.2, 0) is 19.2 Å². The Bertz CT molecular complexity index is 1630. The summed E-state index contributed by atoms with van der Waals surface area (Å²) in [5.41, 5.74) is 0.359. The summed E-state index contributed by atoms with van der Waals surface area (Å²) in [5, 5.41) is 19.1. The first-order valence-electron chi connectivity index (χ1n) is 14.4. The van der Waals surface area contributed by atoms with Crippen LogP contribution in [0, 0.1) is 42.4 Å². The second kappa shape index (κ2) is 13.4. The third-order valence-electron chi connectivity index (χ3n) is 8.23.